The van der Waals surface area contributed by atoms with E-state index in [0.717, 1.165) is 5.69 Å². The molecule has 0 atom stereocenters. The summed E-state index contributed by atoms with van der Waals surface area (Å²) in [4.78, 5) is 20.8. The lowest BCUT2D eigenvalue weighted by atomic mass is 10.2. The number of nitrogens with one attached hydrogen (secondary N) is 1. The van der Waals surface area contributed by atoms with Gasteiger partial charge >= 0.3 is 0 Å². The minimum absolute atomic E-state index is 0.209. The highest BCUT2D eigenvalue weighted by atomic mass is 19.1. The number of hydrogen-bond donors (Lipinski definition) is 1. The molecule has 3 aromatic rings. The maximum absolute atomic E-state index is 14.0. The number of hydrogen-bond acceptors (Lipinski definition) is 6. The fourth-order valence-electron chi connectivity index (χ4n) is 3.25. The Hall–Kier alpha value is -3.42. The summed E-state index contributed by atoms with van der Waals surface area (Å²) in [5.41, 5.74) is 1.92. The summed E-state index contributed by atoms with van der Waals surface area (Å²) >= 11 is 0. The van der Waals surface area contributed by atoms with Crippen LogP contribution in [0.5, 0.6) is 0 Å². The quantitative estimate of drug-likeness (QED) is 0.749. The first-order valence-corrected chi connectivity index (χ1v) is 9.04. The summed E-state index contributed by atoms with van der Waals surface area (Å²) in [6.45, 7) is 4.56. The zero-order valence-corrected chi connectivity index (χ0v) is 15.4. The second kappa shape index (κ2) is 7.67. The zero-order valence-electron chi connectivity index (χ0n) is 15.4. The van der Waals surface area contributed by atoms with Crippen LogP contribution in [0, 0.1) is 12.7 Å². The lowest BCUT2D eigenvalue weighted by Gasteiger charge is -2.37. The smallest absolute Gasteiger partial charge is 0.258 e. The van der Waals surface area contributed by atoms with Crippen molar-refractivity contribution in [3.8, 4) is 0 Å². The van der Waals surface area contributed by atoms with Crippen molar-refractivity contribution in [1.29, 1.82) is 0 Å². The minimum atomic E-state index is -0.298. The lowest BCUT2D eigenvalue weighted by Crippen LogP contribution is -2.46. The number of halogens is 1. The molecule has 28 heavy (non-hydrogen) atoms. The number of carbonyl (C=O) groups is 1. The molecule has 1 fully saturated rings. The molecular formula is C20H20FN5O2. The van der Waals surface area contributed by atoms with Gasteiger partial charge in [0.2, 0.25) is 0 Å². The van der Waals surface area contributed by atoms with E-state index in [9.17, 15) is 9.18 Å². The molecule has 0 unspecified atom stereocenters. The number of nitrogens with zero attached hydrogens (tertiary/aromatic N) is 4. The molecule has 144 valence electrons. The number of anilines is 3. The summed E-state index contributed by atoms with van der Waals surface area (Å²) in [5, 5.41) is 6.46. The first-order chi connectivity index (χ1) is 13.6. The van der Waals surface area contributed by atoms with Gasteiger partial charge < -0.3 is 19.6 Å². The van der Waals surface area contributed by atoms with Gasteiger partial charge in [0, 0.05) is 38.4 Å². The molecule has 8 heteroatoms. The fraction of sp³-hybridized carbons (Fsp3) is 0.250. The van der Waals surface area contributed by atoms with Crippen molar-refractivity contribution in [2.24, 2.45) is 0 Å². The summed E-state index contributed by atoms with van der Waals surface area (Å²) in [7, 11) is 0. The van der Waals surface area contributed by atoms with Crippen LogP contribution in [0.1, 0.15) is 16.1 Å². The molecule has 4 rings (SSSR count). The average molecular weight is 381 g/mol. The lowest BCUT2D eigenvalue weighted by molar-refractivity contribution is 0.102. The van der Waals surface area contributed by atoms with Crippen molar-refractivity contribution in [2.45, 2.75) is 6.92 Å². The van der Waals surface area contributed by atoms with Gasteiger partial charge in [-0.3, -0.25) is 9.78 Å². The van der Waals surface area contributed by atoms with Crippen molar-refractivity contribution in [1.82, 2.24) is 10.1 Å². The molecule has 2 aromatic heterocycles. The van der Waals surface area contributed by atoms with Crippen molar-refractivity contribution < 1.29 is 13.7 Å². The standard InChI is InChI=1S/C20H20FN5O2/c1-14-10-19(24-28-14)23-20(27)15-11-16(13-22-12-15)25-6-8-26(9-7-25)18-5-3-2-4-17(18)21/h2-5,10-13H,6-9H2,1H3,(H,23,24,27). The Balaban J connectivity index is 1.42. The van der Waals surface area contributed by atoms with E-state index in [1.165, 1.54) is 12.3 Å². The van der Waals surface area contributed by atoms with Crippen molar-refractivity contribution >= 4 is 23.1 Å². The third kappa shape index (κ3) is 3.80. The van der Waals surface area contributed by atoms with Crippen LogP contribution in [0.3, 0.4) is 0 Å². The molecule has 0 bridgehead atoms. The molecule has 3 heterocycles. The van der Waals surface area contributed by atoms with E-state index in [0.29, 0.717) is 49.0 Å². The number of amides is 1. The molecule has 1 N–H and O–H groups in total. The fourth-order valence-corrected chi connectivity index (χ4v) is 3.25. The Morgan fingerprint density at radius 2 is 1.86 bits per heavy atom. The Labute approximate surface area is 161 Å². The van der Waals surface area contributed by atoms with Gasteiger partial charge in [-0.15, -0.1) is 0 Å². The first-order valence-electron chi connectivity index (χ1n) is 9.04. The number of rotatable bonds is 4. The highest BCUT2D eigenvalue weighted by Gasteiger charge is 2.20. The molecule has 1 aromatic carbocycles. The van der Waals surface area contributed by atoms with E-state index in [2.05, 4.69) is 20.4 Å². The average Bonchev–Trinajstić information content (AvgIpc) is 3.13. The van der Waals surface area contributed by atoms with E-state index in [1.54, 1.807) is 37.4 Å². The van der Waals surface area contributed by atoms with Crippen LogP contribution >= 0.6 is 0 Å². The van der Waals surface area contributed by atoms with Gasteiger partial charge in [0.05, 0.1) is 23.1 Å². The Morgan fingerprint density at radius 3 is 2.57 bits per heavy atom. The molecule has 1 aliphatic heterocycles. The van der Waals surface area contributed by atoms with Crippen LogP contribution in [-0.2, 0) is 0 Å². The van der Waals surface area contributed by atoms with E-state index in [-0.39, 0.29) is 11.7 Å². The normalized spacial score (nSPS) is 14.2. The van der Waals surface area contributed by atoms with Gasteiger partial charge in [-0.25, -0.2) is 4.39 Å². The molecule has 0 aliphatic carbocycles. The topological polar surface area (TPSA) is 74.5 Å². The molecule has 1 amide bonds. The van der Waals surface area contributed by atoms with E-state index >= 15 is 0 Å². The van der Waals surface area contributed by atoms with Crippen molar-refractivity contribution in [3.05, 3.63) is 65.9 Å². The summed E-state index contributed by atoms with van der Waals surface area (Å²) in [6, 6.07) is 10.3. The number of carbonyl (C=O) groups excluding carboxylic acids is 1. The highest BCUT2D eigenvalue weighted by Crippen LogP contribution is 2.23. The number of aromatic nitrogens is 2. The van der Waals surface area contributed by atoms with Crippen molar-refractivity contribution in [2.75, 3.05) is 41.3 Å². The Morgan fingerprint density at radius 1 is 1.11 bits per heavy atom. The van der Waals surface area contributed by atoms with Gasteiger partial charge in [-0.05, 0) is 25.1 Å². The number of pyridine rings is 1. The van der Waals surface area contributed by atoms with Crippen LogP contribution in [0.15, 0.2) is 53.3 Å². The predicted molar refractivity (Wildman–Crippen MR) is 104 cm³/mol. The van der Waals surface area contributed by atoms with Crippen molar-refractivity contribution in [3.63, 3.8) is 0 Å². The summed E-state index contributed by atoms with van der Waals surface area (Å²) < 4.78 is 19.0. The van der Waals surface area contributed by atoms with Crippen LogP contribution in [0.25, 0.3) is 0 Å². The van der Waals surface area contributed by atoms with Crippen LogP contribution in [0.2, 0.25) is 0 Å². The Kier molecular flexibility index (Phi) is 4.92. The maximum Gasteiger partial charge on any atom is 0.258 e. The number of aryl methyl sites for hydroxylation is 1. The zero-order chi connectivity index (χ0) is 19.5. The maximum atomic E-state index is 14.0. The molecular weight excluding hydrogens is 361 g/mol. The van der Waals surface area contributed by atoms with Gasteiger partial charge in [0.1, 0.15) is 11.6 Å². The highest BCUT2D eigenvalue weighted by molar-refractivity contribution is 6.04. The molecule has 0 spiro atoms. The number of piperazine rings is 1. The SMILES string of the molecule is Cc1cc(NC(=O)c2cncc(N3CCN(c4ccccc4F)CC3)c2)no1. The van der Waals surface area contributed by atoms with E-state index < -0.39 is 0 Å². The van der Waals surface area contributed by atoms with Gasteiger partial charge in [0.25, 0.3) is 5.91 Å². The third-order valence-corrected chi connectivity index (χ3v) is 4.69. The number of benzene rings is 1. The largest absolute Gasteiger partial charge is 0.367 e. The number of para-hydroxylation sites is 1. The second-order valence-electron chi connectivity index (χ2n) is 6.63. The van der Waals surface area contributed by atoms with E-state index in [1.807, 2.05) is 11.0 Å². The van der Waals surface area contributed by atoms with Gasteiger partial charge in [-0.1, -0.05) is 17.3 Å². The van der Waals surface area contributed by atoms with Crippen LogP contribution < -0.4 is 15.1 Å². The van der Waals surface area contributed by atoms with Crippen LogP contribution in [-0.4, -0.2) is 42.2 Å². The Bertz CT molecular complexity index is 982. The molecule has 0 radical (unpaired) electrons. The summed E-state index contributed by atoms with van der Waals surface area (Å²) in [5.74, 6) is 0.480. The first kappa shape index (κ1) is 18.0. The third-order valence-electron chi connectivity index (χ3n) is 4.69. The van der Waals surface area contributed by atoms with E-state index in [4.69, 9.17) is 4.52 Å². The van der Waals surface area contributed by atoms with Crippen LogP contribution in [0.4, 0.5) is 21.6 Å². The minimum Gasteiger partial charge on any atom is -0.367 e. The monoisotopic (exact) mass is 381 g/mol. The second-order valence-corrected chi connectivity index (χ2v) is 6.63. The molecule has 7 nitrogen and oxygen atoms in total. The molecule has 1 aliphatic rings. The summed E-state index contributed by atoms with van der Waals surface area (Å²) in [6.07, 6.45) is 3.25. The predicted octanol–water partition coefficient (Wildman–Crippen LogP) is 3.10. The molecule has 1 saturated heterocycles. The molecule has 0 saturated carbocycles. The van der Waals surface area contributed by atoms with Gasteiger partial charge in [0.15, 0.2) is 5.82 Å². The van der Waals surface area contributed by atoms with Gasteiger partial charge in [-0.2, -0.15) is 0 Å².